The molecule has 7 nitrogen and oxygen atoms in total. The van der Waals surface area contributed by atoms with Crippen LogP contribution in [0.15, 0.2) is 34.2 Å². The minimum Gasteiger partial charge on any atom is -0.472 e. The van der Waals surface area contributed by atoms with Gasteiger partial charge in [0.1, 0.15) is 5.78 Å². The van der Waals surface area contributed by atoms with Gasteiger partial charge in [-0.05, 0) is 42.6 Å². The molecule has 2 N–H and O–H groups in total. The summed E-state index contributed by atoms with van der Waals surface area (Å²) in [6.07, 6.45) is 3.66. The zero-order chi connectivity index (χ0) is 24.6. The molecule has 8 atom stereocenters. The molecular formula is C27H36O7. The highest BCUT2D eigenvalue weighted by molar-refractivity contribution is 5.92. The van der Waals surface area contributed by atoms with Gasteiger partial charge in [0.25, 0.3) is 0 Å². The quantitative estimate of drug-likeness (QED) is 0.507. The van der Waals surface area contributed by atoms with Crippen LogP contribution < -0.4 is 0 Å². The van der Waals surface area contributed by atoms with Crippen molar-refractivity contribution >= 4 is 11.8 Å². The Morgan fingerprint density at radius 3 is 2.59 bits per heavy atom. The van der Waals surface area contributed by atoms with E-state index in [-0.39, 0.29) is 41.5 Å². The van der Waals surface area contributed by atoms with Gasteiger partial charge in [0, 0.05) is 35.2 Å². The Bertz CT molecular complexity index is 1020. The van der Waals surface area contributed by atoms with Gasteiger partial charge in [0.15, 0.2) is 6.29 Å². The van der Waals surface area contributed by atoms with E-state index in [2.05, 4.69) is 6.92 Å². The van der Waals surface area contributed by atoms with E-state index in [4.69, 9.17) is 13.9 Å². The van der Waals surface area contributed by atoms with Gasteiger partial charge in [0.05, 0.1) is 31.8 Å². The molecule has 0 amide bonds. The number of fused-ring (bicyclic) bond motifs is 5. The second-order valence-corrected chi connectivity index (χ2v) is 11.8. The Balaban J connectivity index is 1.66. The maximum atomic E-state index is 13.9. The van der Waals surface area contributed by atoms with E-state index < -0.39 is 29.1 Å². The fourth-order valence-electron chi connectivity index (χ4n) is 8.12. The lowest BCUT2D eigenvalue weighted by Gasteiger charge is -2.63. The Kier molecular flexibility index (Phi) is 5.43. The van der Waals surface area contributed by atoms with Crippen molar-refractivity contribution in [3.05, 3.63) is 35.3 Å². The molecular weight excluding hydrogens is 436 g/mol. The summed E-state index contributed by atoms with van der Waals surface area (Å²) in [4.78, 5) is 26.4. The molecule has 2 saturated carbocycles. The molecule has 2 heterocycles. The van der Waals surface area contributed by atoms with Crippen LogP contribution in [0.4, 0.5) is 0 Å². The molecule has 1 saturated heterocycles. The van der Waals surface area contributed by atoms with Crippen LogP contribution in [0.2, 0.25) is 0 Å². The van der Waals surface area contributed by atoms with Crippen LogP contribution in [-0.4, -0.2) is 41.5 Å². The Morgan fingerprint density at radius 2 is 1.94 bits per heavy atom. The van der Waals surface area contributed by atoms with Crippen LogP contribution in [-0.2, 0) is 19.1 Å². The first-order valence-electron chi connectivity index (χ1n) is 12.3. The molecule has 3 aliphatic carbocycles. The molecule has 1 aromatic rings. The second-order valence-electron chi connectivity index (χ2n) is 11.8. The highest BCUT2D eigenvalue weighted by Gasteiger charge is 2.67. The third kappa shape index (κ3) is 3.06. The molecule has 1 aliphatic heterocycles. The number of methoxy groups -OCH3 is 1. The summed E-state index contributed by atoms with van der Waals surface area (Å²) in [7, 11) is 1.36. The molecule has 1 aromatic heterocycles. The Morgan fingerprint density at radius 1 is 1.21 bits per heavy atom. The van der Waals surface area contributed by atoms with Crippen molar-refractivity contribution < 1.29 is 33.7 Å². The summed E-state index contributed by atoms with van der Waals surface area (Å²) in [5.41, 5.74) is 1.44. The largest absolute Gasteiger partial charge is 0.472 e. The summed E-state index contributed by atoms with van der Waals surface area (Å²) in [5.74, 6) is -1.23. The van der Waals surface area contributed by atoms with E-state index in [1.807, 2.05) is 26.8 Å². The van der Waals surface area contributed by atoms with Crippen molar-refractivity contribution in [2.75, 3.05) is 7.11 Å². The molecule has 5 rings (SSSR count). The topological polar surface area (TPSA) is 106 Å². The molecule has 2 bridgehead atoms. The normalized spacial score (nSPS) is 43.2. The summed E-state index contributed by atoms with van der Waals surface area (Å²) >= 11 is 0. The van der Waals surface area contributed by atoms with Crippen LogP contribution in [0.1, 0.15) is 71.5 Å². The number of aliphatic hydroxyl groups excluding tert-OH is 2. The zero-order valence-corrected chi connectivity index (χ0v) is 20.7. The van der Waals surface area contributed by atoms with Crippen molar-refractivity contribution in [2.45, 2.75) is 78.3 Å². The summed E-state index contributed by atoms with van der Waals surface area (Å²) in [6, 6.07) is 1.88. The molecule has 0 aromatic carbocycles. The number of hydrogen-bond acceptors (Lipinski definition) is 7. The number of carbonyl (C=O) groups excluding carboxylic acids is 2. The third-order valence-corrected chi connectivity index (χ3v) is 9.94. The predicted molar refractivity (Wildman–Crippen MR) is 122 cm³/mol. The lowest BCUT2D eigenvalue weighted by Crippen LogP contribution is -2.66. The van der Waals surface area contributed by atoms with E-state index in [0.29, 0.717) is 12.8 Å². The maximum absolute atomic E-state index is 13.9. The van der Waals surface area contributed by atoms with Gasteiger partial charge in [-0.3, -0.25) is 9.59 Å². The summed E-state index contributed by atoms with van der Waals surface area (Å²) in [5, 5.41) is 22.1. The van der Waals surface area contributed by atoms with Crippen LogP contribution in [0, 0.1) is 34.0 Å². The highest BCUT2D eigenvalue weighted by Crippen LogP contribution is 2.67. The van der Waals surface area contributed by atoms with Crippen molar-refractivity contribution in [1.82, 2.24) is 0 Å². The van der Waals surface area contributed by atoms with Crippen molar-refractivity contribution in [3.63, 3.8) is 0 Å². The van der Waals surface area contributed by atoms with E-state index in [1.165, 1.54) is 12.7 Å². The lowest BCUT2D eigenvalue weighted by molar-refractivity contribution is -0.201. The summed E-state index contributed by atoms with van der Waals surface area (Å²) < 4.78 is 16.4. The monoisotopic (exact) mass is 472 g/mol. The fourth-order valence-corrected chi connectivity index (χ4v) is 8.12. The Hall–Kier alpha value is -1.96. The van der Waals surface area contributed by atoms with Gasteiger partial charge < -0.3 is 24.1 Å². The van der Waals surface area contributed by atoms with Crippen molar-refractivity contribution in [2.24, 2.45) is 34.0 Å². The molecule has 34 heavy (non-hydrogen) atoms. The average Bonchev–Trinajstić information content (AvgIpc) is 3.32. The van der Waals surface area contributed by atoms with Crippen LogP contribution in [0.25, 0.3) is 0 Å². The predicted octanol–water partition coefficient (Wildman–Crippen LogP) is 3.95. The zero-order valence-electron chi connectivity index (χ0n) is 20.7. The van der Waals surface area contributed by atoms with E-state index in [0.717, 1.165) is 24.0 Å². The number of ketones is 1. The Labute approximate surface area is 200 Å². The number of aliphatic hydroxyl groups is 2. The van der Waals surface area contributed by atoms with Gasteiger partial charge >= 0.3 is 5.97 Å². The molecule has 0 unspecified atom stereocenters. The van der Waals surface area contributed by atoms with Gasteiger partial charge in [-0.25, -0.2) is 0 Å². The van der Waals surface area contributed by atoms with Crippen LogP contribution >= 0.6 is 0 Å². The number of furan rings is 1. The number of rotatable bonds is 3. The molecule has 0 radical (unpaired) electrons. The molecule has 4 aliphatic rings. The molecule has 7 heteroatoms. The minimum absolute atomic E-state index is 0.0453. The van der Waals surface area contributed by atoms with Crippen LogP contribution in [0.3, 0.4) is 0 Å². The maximum Gasteiger partial charge on any atom is 0.305 e. The smallest absolute Gasteiger partial charge is 0.305 e. The van der Waals surface area contributed by atoms with E-state index in [9.17, 15) is 19.8 Å². The second kappa shape index (κ2) is 7.77. The first kappa shape index (κ1) is 23.8. The number of Topliss-reactive ketones (excluding diaryl/α,β-unsaturated/α-hetero) is 1. The van der Waals surface area contributed by atoms with E-state index in [1.54, 1.807) is 12.5 Å². The van der Waals surface area contributed by atoms with E-state index >= 15 is 0 Å². The van der Waals surface area contributed by atoms with Crippen LogP contribution in [0.5, 0.6) is 0 Å². The van der Waals surface area contributed by atoms with Gasteiger partial charge in [-0.2, -0.15) is 0 Å². The molecule has 3 fully saturated rings. The third-order valence-electron chi connectivity index (χ3n) is 9.94. The number of carbonyl (C=O) groups is 2. The number of esters is 1. The SMILES string of the molecule is COC(=O)C[C@@H]1C(C)(C)[C@@H](O)[C@@H]2CC3=C4C[C@H](O)O[C@H](c5ccoc5)[C@@]4(C)CC[C@@H]3[C@@]1(C)C2=O. The van der Waals surface area contributed by atoms with Crippen molar-refractivity contribution in [1.29, 1.82) is 0 Å². The average molecular weight is 473 g/mol. The molecule has 0 spiro atoms. The summed E-state index contributed by atoms with van der Waals surface area (Å²) in [6.45, 7) is 8.12. The standard InChI is InChI=1S/C27H36O7/c1-25(2)19(12-20(28)32-5)27(4)17-6-8-26(3)18(15(17)10-16(22(25)30)23(27)31)11-21(29)34-24(26)14-7-9-33-13-14/h7,9,13,16-17,19,21-22,24,29-30H,6,8,10-12H2,1-5H3/t16-,17-,19+,21+,22-,24+,26-,27+/m0/s1. The number of hydrogen-bond donors (Lipinski definition) is 2. The minimum atomic E-state index is -0.952. The highest BCUT2D eigenvalue weighted by atomic mass is 16.6. The number of ether oxygens (including phenoxy) is 2. The number of allylic oxidation sites excluding steroid dienone is 1. The van der Waals surface area contributed by atoms with Gasteiger partial charge in [-0.15, -0.1) is 0 Å². The van der Waals surface area contributed by atoms with Gasteiger partial charge in [-0.1, -0.05) is 38.8 Å². The fraction of sp³-hybridized carbons (Fsp3) is 0.704. The van der Waals surface area contributed by atoms with Gasteiger partial charge in [0.2, 0.25) is 0 Å². The lowest BCUT2D eigenvalue weighted by atomic mass is 9.40. The molecule has 186 valence electrons. The first-order chi connectivity index (χ1) is 16.0. The first-order valence-corrected chi connectivity index (χ1v) is 12.3. The van der Waals surface area contributed by atoms with Crippen molar-refractivity contribution in [3.8, 4) is 0 Å².